The van der Waals surface area contributed by atoms with Gasteiger partial charge in [-0.3, -0.25) is 28.9 Å². The highest BCUT2D eigenvalue weighted by molar-refractivity contribution is 7.11. The Hall–Kier alpha value is -8.98. The highest BCUT2D eigenvalue weighted by Crippen LogP contribution is 2.43. The van der Waals surface area contributed by atoms with Gasteiger partial charge in [0.2, 0.25) is 0 Å². The van der Waals surface area contributed by atoms with Crippen molar-refractivity contribution in [1.29, 1.82) is 0 Å². The van der Waals surface area contributed by atoms with E-state index in [9.17, 15) is 24.0 Å². The van der Waals surface area contributed by atoms with Gasteiger partial charge in [0, 0.05) is 81.9 Å². The van der Waals surface area contributed by atoms with Gasteiger partial charge in [0.25, 0.3) is 22.6 Å². The standard InChI is InChI=1S/C26H23FN8O3.C12H24B2O4.C9H10BN5O3.C9H8ClN5O.2CH4/c1-33-25(37)19(31-21-7-8-28-14-30-21)12-18(32-33)15-6-9-29-24(17(15)13-36)35-11-10-34-20-5-3-2-4-16(20)22(27)23(34)26(35)38;1-9(2)10(3,4)16-13(15-9)14-17-11(5,6)12(7,8)18-14;1-15-9(16)6(4-7(14-15)10(17)18)13-8-2-3-11-5-12-8;1-15-9(16)6(4-7(10)14-15)13-8-2-3-11-5-12-8;;/h6-9,12-14H,2-5,10-11H2,1H3,(H,28,30,31);1-8H3;2-5,17-18H,1H3,(H,11,12,13);2-5H,1H3,(H,11,12,13);2*1H4. The maximum atomic E-state index is 15.4. The summed E-state index contributed by atoms with van der Waals surface area (Å²) in [6.07, 6.45) is 14.0. The van der Waals surface area contributed by atoms with Gasteiger partial charge >= 0.3 is 21.1 Å². The first-order valence-electron chi connectivity index (χ1n) is 28.3. The molecule has 11 heterocycles. The Morgan fingerprint density at radius 3 is 1.54 bits per heavy atom. The van der Waals surface area contributed by atoms with E-state index in [2.05, 4.69) is 66.1 Å². The molecule has 29 nitrogen and oxygen atoms in total. The third kappa shape index (κ3) is 15.2. The van der Waals surface area contributed by atoms with E-state index in [1.807, 2.05) is 55.4 Å². The molecule has 3 aliphatic heterocycles. The number of nitrogens with zero attached hydrogens (tertiary/aromatic N) is 15. The van der Waals surface area contributed by atoms with Crippen LogP contribution in [0.15, 0.2) is 101 Å². The number of carbonyl (C=O) groups excluding carboxylic acids is 2. The van der Waals surface area contributed by atoms with Crippen molar-refractivity contribution in [3.05, 3.63) is 151 Å². The quantitative estimate of drug-likeness (QED) is 0.0825. The molecule has 0 aromatic carbocycles. The number of nitrogens with one attached hydrogen (secondary N) is 3. The highest BCUT2D eigenvalue weighted by atomic mass is 35.5. The van der Waals surface area contributed by atoms with Crippen molar-refractivity contribution in [3.8, 4) is 11.3 Å². The second kappa shape index (κ2) is 28.7. The van der Waals surface area contributed by atoms with Gasteiger partial charge in [-0.25, -0.2) is 53.3 Å². The molecule has 484 valence electrons. The molecule has 4 aliphatic rings. The number of anilines is 7. The van der Waals surface area contributed by atoms with Crippen LogP contribution in [0.2, 0.25) is 5.15 Å². The normalized spacial score (nSPS) is 16.1. The predicted octanol–water partition coefficient (Wildman–Crippen LogP) is 5.15. The van der Waals surface area contributed by atoms with E-state index in [1.54, 1.807) is 35.0 Å². The molecule has 0 bridgehead atoms. The molecule has 0 saturated carbocycles. The van der Waals surface area contributed by atoms with E-state index in [1.165, 1.54) is 81.8 Å². The summed E-state index contributed by atoms with van der Waals surface area (Å²) in [5.41, 5.74) is 0.434. The van der Waals surface area contributed by atoms with Crippen molar-refractivity contribution >= 4 is 90.9 Å². The van der Waals surface area contributed by atoms with Crippen molar-refractivity contribution in [2.45, 2.75) is 125 Å². The number of hydrogen-bond acceptors (Lipinski definition) is 24. The van der Waals surface area contributed by atoms with E-state index in [0.29, 0.717) is 59.2 Å². The van der Waals surface area contributed by atoms with Crippen molar-refractivity contribution < 1.29 is 42.6 Å². The van der Waals surface area contributed by atoms with Crippen molar-refractivity contribution in [1.82, 2.24) is 68.8 Å². The summed E-state index contributed by atoms with van der Waals surface area (Å²) in [7, 11) is 1.74. The molecule has 2 saturated heterocycles. The average Bonchev–Trinajstić information content (AvgIpc) is 1.57. The van der Waals surface area contributed by atoms with Gasteiger partial charge in [-0.2, -0.15) is 15.3 Å². The highest BCUT2D eigenvalue weighted by Gasteiger charge is 2.63. The zero-order valence-electron chi connectivity index (χ0n) is 51.2. The van der Waals surface area contributed by atoms with Crippen LogP contribution in [0.1, 0.15) is 115 Å². The predicted molar refractivity (Wildman–Crippen MR) is 346 cm³/mol. The number of carbonyl (C=O) groups is 2. The van der Waals surface area contributed by atoms with E-state index in [-0.39, 0.29) is 88.6 Å². The van der Waals surface area contributed by atoms with Crippen LogP contribution < -0.4 is 43.1 Å². The first-order valence-corrected chi connectivity index (χ1v) is 28.7. The molecule has 1 amide bonds. The molecule has 2 fully saturated rings. The van der Waals surface area contributed by atoms with Gasteiger partial charge in [0.15, 0.2) is 17.3 Å². The lowest BCUT2D eigenvalue weighted by molar-refractivity contribution is 0.00578. The van der Waals surface area contributed by atoms with Crippen LogP contribution in [0.4, 0.5) is 44.7 Å². The van der Waals surface area contributed by atoms with Gasteiger partial charge in [0.1, 0.15) is 65.0 Å². The summed E-state index contributed by atoms with van der Waals surface area (Å²) in [6.45, 7) is 16.9. The van der Waals surface area contributed by atoms with E-state index >= 15 is 4.39 Å². The molecule has 0 atom stereocenters. The molecule has 5 N–H and O–H groups in total. The van der Waals surface area contributed by atoms with Crippen LogP contribution in [0.25, 0.3) is 11.3 Å². The maximum absolute atomic E-state index is 15.4. The van der Waals surface area contributed by atoms with Gasteiger partial charge in [-0.1, -0.05) is 26.5 Å². The van der Waals surface area contributed by atoms with Crippen LogP contribution in [-0.4, -0.2) is 141 Å². The third-order valence-corrected chi connectivity index (χ3v) is 16.0. The van der Waals surface area contributed by atoms with Crippen LogP contribution in [-0.2, 0) is 59.1 Å². The number of aromatic nitrogens is 14. The summed E-state index contributed by atoms with van der Waals surface area (Å²) >= 11 is 5.74. The molecule has 0 unspecified atom stereocenters. The summed E-state index contributed by atoms with van der Waals surface area (Å²) in [4.78, 5) is 91.1. The van der Waals surface area contributed by atoms with Crippen LogP contribution in [0.5, 0.6) is 0 Å². The maximum Gasteiger partial charge on any atom is 0.510 e. The molecule has 12 rings (SSSR count). The van der Waals surface area contributed by atoms with E-state index < -0.39 is 44.0 Å². The number of hydrogen-bond donors (Lipinski definition) is 5. The van der Waals surface area contributed by atoms with E-state index in [0.717, 1.165) is 39.0 Å². The Morgan fingerprint density at radius 1 is 0.620 bits per heavy atom. The lowest BCUT2D eigenvalue weighted by Gasteiger charge is -2.32. The fraction of sp³-hybridized carbons (Fsp3) is 0.397. The molecule has 92 heavy (non-hydrogen) atoms. The van der Waals surface area contributed by atoms with Gasteiger partial charge in [-0.15, -0.1) is 0 Å². The lowest BCUT2D eigenvalue weighted by Crippen LogP contribution is -2.42. The van der Waals surface area contributed by atoms with Crippen LogP contribution in [0, 0.1) is 5.82 Å². The summed E-state index contributed by atoms with van der Waals surface area (Å²) in [6, 6.07) is 10.6. The second-order valence-corrected chi connectivity index (χ2v) is 23.4. The smallest absolute Gasteiger partial charge is 0.422 e. The minimum atomic E-state index is -1.75. The topological polar surface area (TPSA) is 351 Å². The van der Waals surface area contributed by atoms with Crippen LogP contribution in [0.3, 0.4) is 0 Å². The molecule has 8 aromatic heterocycles. The summed E-state index contributed by atoms with van der Waals surface area (Å²) in [5, 5.41) is 38.7. The van der Waals surface area contributed by atoms with E-state index in [4.69, 9.17) is 40.3 Å². The minimum absolute atomic E-state index is 0. The Labute approximate surface area is 535 Å². The zero-order chi connectivity index (χ0) is 65.0. The molecule has 8 aromatic rings. The first-order chi connectivity index (χ1) is 42.6. The average molecular weight is 1290 g/mol. The fourth-order valence-corrected chi connectivity index (χ4v) is 9.99. The Bertz CT molecular complexity index is 4060. The Kier molecular flexibility index (Phi) is 22.0. The zero-order valence-corrected chi connectivity index (χ0v) is 51.9. The summed E-state index contributed by atoms with van der Waals surface area (Å²) in [5.74, 6) is 0.468. The third-order valence-electron chi connectivity index (χ3n) is 15.9. The lowest BCUT2D eigenvalue weighted by atomic mass is 9.49. The molecule has 0 spiro atoms. The molecular formula is C58H73B3ClFN18O11. The number of rotatable bonds is 11. The van der Waals surface area contributed by atoms with Crippen molar-refractivity contribution in [2.75, 3.05) is 27.4 Å². The SMILES string of the molecule is C.C.CC1(C)OB(B2OC(C)(C)C(C)(C)O2)OC1(C)C.Cn1nc(-c2ccnc(N3CCn4c5c(c(F)c4C3=O)CCCC5)c2C=O)cc(Nc2ccncn2)c1=O.Cn1nc(B(O)O)cc(Nc2ccncn2)c1=O.Cn1nc(Cl)cc(Nc2ccncn2)c1=O. The Balaban J connectivity index is 0.000000188. The van der Waals surface area contributed by atoms with Gasteiger partial charge in [0.05, 0.1) is 39.3 Å². The van der Waals surface area contributed by atoms with Gasteiger partial charge < -0.3 is 49.2 Å². The molecule has 1 aliphatic carbocycles. The number of aldehydes is 1. The number of pyridine rings is 1. The summed E-state index contributed by atoms with van der Waals surface area (Å²) < 4.78 is 44.3. The Morgan fingerprint density at radius 2 is 1.08 bits per heavy atom. The van der Waals surface area contributed by atoms with Gasteiger partial charge in [-0.05, 0) is 117 Å². The number of aryl methyl sites for hydroxylation is 3. The monoisotopic (exact) mass is 1280 g/mol. The first kappa shape index (κ1) is 70.5. The fourth-order valence-electron chi connectivity index (χ4n) is 9.77. The number of amides is 1. The molecule has 0 radical (unpaired) electrons. The number of halogens is 2. The van der Waals surface area contributed by atoms with Crippen LogP contribution >= 0.6 is 11.6 Å². The molecular weight excluding hydrogens is 1210 g/mol. The second-order valence-electron chi connectivity index (χ2n) is 23.0. The minimum Gasteiger partial charge on any atom is -0.422 e. The number of fused-ring (bicyclic) bond motifs is 3. The largest absolute Gasteiger partial charge is 0.510 e. The molecule has 34 heteroatoms. The van der Waals surface area contributed by atoms with Crippen molar-refractivity contribution in [2.24, 2.45) is 21.1 Å². The van der Waals surface area contributed by atoms with Crippen molar-refractivity contribution in [3.63, 3.8) is 0 Å².